The second-order valence-corrected chi connectivity index (χ2v) is 14.6. The van der Waals surface area contributed by atoms with Gasteiger partial charge in [-0.15, -0.1) is 0 Å². The minimum Gasteiger partial charge on any atom is -0.456 e. The Morgan fingerprint density at radius 3 is 0.889 bits per heavy atom. The van der Waals surface area contributed by atoms with Gasteiger partial charge in [-0.2, -0.15) is 0 Å². The molecule has 0 fully saturated rings. The van der Waals surface area contributed by atoms with E-state index in [-0.39, 0.29) is 0 Å². The number of aryl methyl sites for hydroxylation is 4. The molecule has 4 nitrogen and oxygen atoms in total. The molecule has 0 aliphatic rings. The molecule has 0 unspecified atom stereocenters. The number of rotatable bonds is 6. The maximum atomic E-state index is 6.50. The predicted octanol–water partition coefficient (Wildman–Crippen LogP) is 14.8. The van der Waals surface area contributed by atoms with Crippen LogP contribution >= 0.6 is 0 Å². The van der Waals surface area contributed by atoms with Crippen LogP contribution in [0.1, 0.15) is 22.3 Å². The molecule has 260 valence electrons. The molecule has 0 aliphatic carbocycles. The van der Waals surface area contributed by atoms with Crippen LogP contribution in [0.5, 0.6) is 0 Å². The lowest BCUT2D eigenvalue weighted by Gasteiger charge is -2.25. The predicted molar refractivity (Wildman–Crippen MR) is 227 cm³/mol. The van der Waals surface area contributed by atoms with Crippen molar-refractivity contribution in [2.24, 2.45) is 0 Å². The van der Waals surface area contributed by atoms with E-state index in [0.717, 1.165) is 88.8 Å². The highest BCUT2D eigenvalue weighted by molar-refractivity contribution is 6.16. The molecule has 54 heavy (non-hydrogen) atoms. The van der Waals surface area contributed by atoms with Crippen molar-refractivity contribution in [2.45, 2.75) is 27.7 Å². The van der Waals surface area contributed by atoms with Gasteiger partial charge < -0.3 is 18.6 Å². The summed E-state index contributed by atoms with van der Waals surface area (Å²) in [6.45, 7) is 8.49. The maximum absolute atomic E-state index is 6.50. The van der Waals surface area contributed by atoms with Crippen molar-refractivity contribution >= 4 is 88.8 Å². The fraction of sp³-hybridized carbons (Fsp3) is 0.0800. The Morgan fingerprint density at radius 1 is 0.278 bits per heavy atom. The summed E-state index contributed by atoms with van der Waals surface area (Å²) in [7, 11) is 0. The van der Waals surface area contributed by atoms with Crippen LogP contribution in [0, 0.1) is 27.7 Å². The summed E-state index contributed by atoms with van der Waals surface area (Å²) in [5.74, 6) is 0. The van der Waals surface area contributed by atoms with E-state index in [0.29, 0.717) is 0 Å². The monoisotopic (exact) mass is 698 g/mol. The Morgan fingerprint density at radius 2 is 0.556 bits per heavy atom. The minimum atomic E-state index is 0.858. The van der Waals surface area contributed by atoms with E-state index in [1.54, 1.807) is 0 Å². The fourth-order valence-electron chi connectivity index (χ4n) is 7.72. The zero-order chi connectivity index (χ0) is 36.5. The van der Waals surface area contributed by atoms with Crippen molar-refractivity contribution in [1.82, 2.24) is 0 Å². The maximum Gasteiger partial charge on any atom is 0.136 e. The van der Waals surface area contributed by atoms with Crippen LogP contribution in [0.3, 0.4) is 0 Å². The van der Waals surface area contributed by atoms with E-state index in [4.69, 9.17) is 8.83 Å². The van der Waals surface area contributed by atoms with Crippen molar-refractivity contribution in [3.63, 3.8) is 0 Å². The Kier molecular flexibility index (Phi) is 7.34. The van der Waals surface area contributed by atoms with E-state index in [1.807, 2.05) is 0 Å². The SMILES string of the molecule is Cc1ccc(N(c2ccc(C)cc2)c2ccc3oc4cc5cc6oc7ccc(N(c8ccc(C)cc8)c8ccc(C)cc8)cc7c6cc5cc4c3c2)cc1. The van der Waals surface area contributed by atoms with Crippen LogP contribution in [-0.4, -0.2) is 0 Å². The van der Waals surface area contributed by atoms with Crippen molar-refractivity contribution in [2.75, 3.05) is 9.80 Å². The first-order chi connectivity index (χ1) is 26.3. The van der Waals surface area contributed by atoms with Crippen LogP contribution in [0.15, 0.2) is 167 Å². The summed E-state index contributed by atoms with van der Waals surface area (Å²) in [5, 5.41) is 6.56. The Hall–Kier alpha value is -6.78. The smallest absolute Gasteiger partial charge is 0.136 e. The van der Waals surface area contributed by atoms with Gasteiger partial charge in [-0.05, 0) is 148 Å². The molecule has 10 rings (SSSR count). The van der Waals surface area contributed by atoms with Gasteiger partial charge in [-0.3, -0.25) is 0 Å². The van der Waals surface area contributed by atoms with Gasteiger partial charge in [0, 0.05) is 55.7 Å². The van der Waals surface area contributed by atoms with E-state index < -0.39 is 0 Å². The Bertz CT molecular complexity index is 2710. The van der Waals surface area contributed by atoms with E-state index in [2.05, 4.69) is 195 Å². The van der Waals surface area contributed by atoms with Gasteiger partial charge in [0.05, 0.1) is 0 Å². The highest BCUT2D eigenvalue weighted by Gasteiger charge is 2.19. The van der Waals surface area contributed by atoms with Gasteiger partial charge in [0.25, 0.3) is 0 Å². The summed E-state index contributed by atoms with van der Waals surface area (Å²) < 4.78 is 13.0. The van der Waals surface area contributed by atoms with Crippen molar-refractivity contribution in [1.29, 1.82) is 0 Å². The lowest BCUT2D eigenvalue weighted by atomic mass is 10.0. The first kappa shape index (κ1) is 31.9. The first-order valence-electron chi connectivity index (χ1n) is 18.5. The second-order valence-electron chi connectivity index (χ2n) is 14.6. The summed E-state index contributed by atoms with van der Waals surface area (Å²) in [6.07, 6.45) is 0. The quantitative estimate of drug-likeness (QED) is 0.173. The normalized spacial score (nSPS) is 11.7. The minimum absolute atomic E-state index is 0.858. The second kappa shape index (κ2) is 12.4. The van der Waals surface area contributed by atoms with E-state index >= 15 is 0 Å². The molecular formula is C50H38N2O2. The number of anilines is 6. The fourth-order valence-corrected chi connectivity index (χ4v) is 7.72. The molecule has 2 heterocycles. The van der Waals surface area contributed by atoms with Gasteiger partial charge in [-0.1, -0.05) is 70.8 Å². The lowest BCUT2D eigenvalue weighted by molar-refractivity contribution is 0.668. The van der Waals surface area contributed by atoms with Crippen molar-refractivity contribution < 1.29 is 8.83 Å². The average molecular weight is 699 g/mol. The van der Waals surface area contributed by atoms with Crippen LogP contribution in [0.25, 0.3) is 54.6 Å². The zero-order valence-electron chi connectivity index (χ0n) is 30.7. The third kappa shape index (κ3) is 5.46. The number of furan rings is 2. The average Bonchev–Trinajstić information content (AvgIpc) is 3.72. The molecule has 0 spiro atoms. The van der Waals surface area contributed by atoms with E-state index in [9.17, 15) is 0 Å². The number of fused-ring (bicyclic) bond motifs is 7. The molecule has 2 aromatic heterocycles. The van der Waals surface area contributed by atoms with Crippen LogP contribution in [-0.2, 0) is 0 Å². The number of hydrogen-bond acceptors (Lipinski definition) is 4. The van der Waals surface area contributed by atoms with Crippen LogP contribution in [0.2, 0.25) is 0 Å². The van der Waals surface area contributed by atoms with Gasteiger partial charge in [0.1, 0.15) is 22.3 Å². The van der Waals surface area contributed by atoms with Crippen molar-refractivity contribution in [3.05, 3.63) is 180 Å². The summed E-state index contributed by atoms with van der Waals surface area (Å²) in [6, 6.07) is 56.7. The first-order valence-corrected chi connectivity index (χ1v) is 18.5. The van der Waals surface area contributed by atoms with Crippen molar-refractivity contribution in [3.8, 4) is 0 Å². The number of benzene rings is 8. The molecule has 4 heteroatoms. The van der Waals surface area contributed by atoms with Gasteiger partial charge in [-0.25, -0.2) is 0 Å². The molecule has 0 bridgehead atoms. The van der Waals surface area contributed by atoms with E-state index in [1.165, 1.54) is 22.3 Å². The summed E-state index contributed by atoms with van der Waals surface area (Å²) >= 11 is 0. The molecule has 0 amide bonds. The summed E-state index contributed by atoms with van der Waals surface area (Å²) in [4.78, 5) is 4.63. The standard InChI is InChI=1S/C50H38N2O2/c1-31-5-13-37(14-6-31)51(38-15-7-32(2)8-16-38)41-21-23-47-45(29-41)43-25-35-26-44-46-30-42(22-24-48(46)54-50(44)28-36(35)27-49(43)53-47)52(39-17-9-33(3)10-18-39)40-19-11-34(4)12-20-40/h5-30H,1-4H3. The van der Waals surface area contributed by atoms with Gasteiger partial charge >= 0.3 is 0 Å². The molecule has 0 atom stereocenters. The lowest BCUT2D eigenvalue weighted by Crippen LogP contribution is -2.09. The molecule has 8 aromatic carbocycles. The zero-order valence-corrected chi connectivity index (χ0v) is 30.7. The molecule has 10 aromatic rings. The number of hydrogen-bond donors (Lipinski definition) is 0. The molecule has 0 radical (unpaired) electrons. The van der Waals surface area contributed by atoms with Crippen LogP contribution in [0.4, 0.5) is 34.1 Å². The molecular weight excluding hydrogens is 661 g/mol. The molecule has 0 saturated heterocycles. The highest BCUT2D eigenvalue weighted by atomic mass is 16.3. The largest absolute Gasteiger partial charge is 0.456 e. The van der Waals surface area contributed by atoms with Gasteiger partial charge in [0.2, 0.25) is 0 Å². The van der Waals surface area contributed by atoms with Crippen LogP contribution < -0.4 is 9.80 Å². The Balaban J connectivity index is 1.12. The Labute approximate surface area is 314 Å². The summed E-state index contributed by atoms with van der Waals surface area (Å²) in [5.41, 5.74) is 15.0. The molecule has 0 aliphatic heterocycles. The van der Waals surface area contributed by atoms with Gasteiger partial charge in [0.15, 0.2) is 0 Å². The molecule has 0 saturated carbocycles. The topological polar surface area (TPSA) is 32.8 Å². The number of nitrogens with zero attached hydrogens (tertiary/aromatic N) is 2. The third-order valence-corrected chi connectivity index (χ3v) is 10.7. The third-order valence-electron chi connectivity index (χ3n) is 10.7. The highest BCUT2D eigenvalue weighted by Crippen LogP contribution is 2.43. The molecule has 0 N–H and O–H groups in total.